The lowest BCUT2D eigenvalue weighted by Crippen LogP contribution is -1.99. The highest BCUT2D eigenvalue weighted by Gasteiger charge is 1.98. The number of carbonyl (C=O) groups is 1. The monoisotopic (exact) mass is 274 g/mol. The minimum Gasteiger partial charge on any atom is -0.469 e. The Bertz CT molecular complexity index is 183. The number of rotatable bonds is 9. The highest BCUT2D eigenvalue weighted by atomic mass is 16.7. The van der Waals surface area contributed by atoms with E-state index in [0.717, 1.165) is 19.6 Å². The maximum absolute atomic E-state index is 10.8. The molecule has 1 aliphatic rings. The Morgan fingerprint density at radius 2 is 1.47 bits per heavy atom. The molecule has 114 valence electrons. The van der Waals surface area contributed by atoms with E-state index >= 15 is 0 Å². The SMILES string of the molecule is C1COCO1.CCCCCCCCCCC(=O)OC. The summed E-state index contributed by atoms with van der Waals surface area (Å²) < 4.78 is 14.0. The lowest BCUT2D eigenvalue weighted by atomic mass is 10.1. The van der Waals surface area contributed by atoms with E-state index in [1.807, 2.05) is 0 Å². The zero-order valence-corrected chi connectivity index (χ0v) is 12.6. The van der Waals surface area contributed by atoms with Crippen molar-refractivity contribution in [2.45, 2.75) is 64.7 Å². The van der Waals surface area contributed by atoms with Crippen molar-refractivity contribution in [1.82, 2.24) is 0 Å². The maximum Gasteiger partial charge on any atom is 0.305 e. The normalized spacial score (nSPS) is 13.8. The summed E-state index contributed by atoms with van der Waals surface area (Å²) in [7, 11) is 1.45. The van der Waals surface area contributed by atoms with Gasteiger partial charge in [0.05, 0.1) is 20.3 Å². The third-order valence-corrected chi connectivity index (χ3v) is 3.00. The van der Waals surface area contributed by atoms with Gasteiger partial charge in [0.15, 0.2) is 0 Å². The van der Waals surface area contributed by atoms with Gasteiger partial charge in [0.1, 0.15) is 6.79 Å². The van der Waals surface area contributed by atoms with Crippen LogP contribution in [0, 0.1) is 0 Å². The summed E-state index contributed by atoms with van der Waals surface area (Å²) in [5, 5.41) is 0. The first-order valence-corrected chi connectivity index (χ1v) is 7.53. The number of carbonyl (C=O) groups excluding carboxylic acids is 1. The summed E-state index contributed by atoms with van der Waals surface area (Å²) in [4.78, 5) is 10.8. The lowest BCUT2D eigenvalue weighted by Gasteiger charge is -2.00. The molecule has 1 aliphatic heterocycles. The molecule has 0 aromatic rings. The van der Waals surface area contributed by atoms with E-state index in [0.29, 0.717) is 13.2 Å². The van der Waals surface area contributed by atoms with Crippen molar-refractivity contribution >= 4 is 5.97 Å². The molecule has 0 amide bonds. The van der Waals surface area contributed by atoms with E-state index in [2.05, 4.69) is 11.7 Å². The lowest BCUT2D eigenvalue weighted by molar-refractivity contribution is -0.140. The quantitative estimate of drug-likeness (QED) is 0.475. The van der Waals surface area contributed by atoms with Crippen molar-refractivity contribution < 1.29 is 19.0 Å². The van der Waals surface area contributed by atoms with Crippen LogP contribution in [0.25, 0.3) is 0 Å². The first-order chi connectivity index (χ1) is 9.31. The second-order valence-corrected chi connectivity index (χ2v) is 4.74. The predicted molar refractivity (Wildman–Crippen MR) is 76.0 cm³/mol. The molecular weight excluding hydrogens is 244 g/mol. The Morgan fingerprint density at radius 3 is 1.89 bits per heavy atom. The fourth-order valence-corrected chi connectivity index (χ4v) is 1.80. The zero-order chi connectivity index (χ0) is 14.2. The van der Waals surface area contributed by atoms with E-state index in [9.17, 15) is 4.79 Å². The molecule has 1 rings (SSSR count). The van der Waals surface area contributed by atoms with Gasteiger partial charge < -0.3 is 14.2 Å². The zero-order valence-electron chi connectivity index (χ0n) is 12.6. The van der Waals surface area contributed by atoms with Crippen molar-refractivity contribution in [1.29, 1.82) is 0 Å². The van der Waals surface area contributed by atoms with E-state index in [-0.39, 0.29) is 5.97 Å². The number of hydrogen-bond donors (Lipinski definition) is 0. The third kappa shape index (κ3) is 15.3. The summed E-state index contributed by atoms with van der Waals surface area (Å²) >= 11 is 0. The van der Waals surface area contributed by atoms with Gasteiger partial charge in [0.2, 0.25) is 0 Å². The van der Waals surface area contributed by atoms with Gasteiger partial charge in [-0.15, -0.1) is 0 Å². The molecule has 0 aromatic carbocycles. The Balaban J connectivity index is 0.000000532. The molecule has 0 spiro atoms. The molecule has 0 N–H and O–H groups in total. The number of esters is 1. The average molecular weight is 274 g/mol. The van der Waals surface area contributed by atoms with Crippen LogP contribution in [-0.4, -0.2) is 33.1 Å². The van der Waals surface area contributed by atoms with Crippen molar-refractivity contribution in [2.75, 3.05) is 27.1 Å². The van der Waals surface area contributed by atoms with Crippen molar-refractivity contribution in [2.24, 2.45) is 0 Å². The summed E-state index contributed by atoms with van der Waals surface area (Å²) in [6, 6.07) is 0. The standard InChI is InChI=1S/C12H24O2.C3H6O2/c1-3-4-5-6-7-8-9-10-11-12(13)14-2;1-2-5-3-4-1/h3-11H2,1-2H3;1-3H2. The predicted octanol–water partition coefficient (Wildman–Crippen LogP) is 3.68. The van der Waals surface area contributed by atoms with Crippen molar-refractivity contribution in [3.05, 3.63) is 0 Å². The molecule has 0 radical (unpaired) electrons. The molecular formula is C15H30O4. The van der Waals surface area contributed by atoms with Gasteiger partial charge in [-0.2, -0.15) is 0 Å². The number of unbranched alkanes of at least 4 members (excludes halogenated alkanes) is 7. The molecule has 19 heavy (non-hydrogen) atoms. The van der Waals surface area contributed by atoms with E-state index < -0.39 is 0 Å². The fourth-order valence-electron chi connectivity index (χ4n) is 1.80. The average Bonchev–Trinajstić information content (AvgIpc) is 3.00. The number of hydrogen-bond acceptors (Lipinski definition) is 4. The fraction of sp³-hybridized carbons (Fsp3) is 0.933. The summed E-state index contributed by atoms with van der Waals surface area (Å²) in [6.07, 6.45) is 10.7. The van der Waals surface area contributed by atoms with Gasteiger partial charge in [-0.1, -0.05) is 51.9 Å². The topological polar surface area (TPSA) is 44.8 Å². The number of methoxy groups -OCH3 is 1. The second-order valence-electron chi connectivity index (χ2n) is 4.74. The summed E-state index contributed by atoms with van der Waals surface area (Å²) in [5.74, 6) is -0.0732. The van der Waals surface area contributed by atoms with Crippen molar-refractivity contribution in [3.63, 3.8) is 0 Å². The van der Waals surface area contributed by atoms with Gasteiger partial charge in [-0.05, 0) is 6.42 Å². The van der Waals surface area contributed by atoms with Crippen LogP contribution in [-0.2, 0) is 19.0 Å². The van der Waals surface area contributed by atoms with Crippen LogP contribution in [0.2, 0.25) is 0 Å². The van der Waals surface area contributed by atoms with Crippen LogP contribution in [0.1, 0.15) is 64.7 Å². The highest BCUT2D eigenvalue weighted by Crippen LogP contribution is 2.09. The van der Waals surface area contributed by atoms with Crippen LogP contribution in [0.4, 0.5) is 0 Å². The molecule has 0 atom stereocenters. The summed E-state index contributed by atoms with van der Waals surface area (Å²) in [5.41, 5.74) is 0. The second kappa shape index (κ2) is 15.4. The smallest absolute Gasteiger partial charge is 0.305 e. The molecule has 1 saturated heterocycles. The highest BCUT2D eigenvalue weighted by molar-refractivity contribution is 5.68. The molecule has 4 heteroatoms. The first-order valence-electron chi connectivity index (χ1n) is 7.53. The Morgan fingerprint density at radius 1 is 0.947 bits per heavy atom. The van der Waals surface area contributed by atoms with Crippen LogP contribution in [0.3, 0.4) is 0 Å². The van der Waals surface area contributed by atoms with Gasteiger partial charge in [-0.25, -0.2) is 0 Å². The van der Waals surface area contributed by atoms with Gasteiger partial charge >= 0.3 is 5.97 Å². The third-order valence-electron chi connectivity index (χ3n) is 3.00. The summed E-state index contributed by atoms with van der Waals surface area (Å²) in [6.45, 7) is 4.29. The molecule has 1 heterocycles. The maximum atomic E-state index is 10.8. The van der Waals surface area contributed by atoms with Gasteiger partial charge in [0, 0.05) is 6.42 Å². The minimum absolute atomic E-state index is 0.0732. The molecule has 0 aromatic heterocycles. The molecule has 4 nitrogen and oxygen atoms in total. The molecule has 0 saturated carbocycles. The first kappa shape index (κ1) is 18.4. The van der Waals surface area contributed by atoms with E-state index in [1.54, 1.807) is 0 Å². The Hall–Kier alpha value is -0.610. The van der Waals surface area contributed by atoms with Crippen LogP contribution in [0.5, 0.6) is 0 Å². The van der Waals surface area contributed by atoms with Crippen LogP contribution < -0.4 is 0 Å². The van der Waals surface area contributed by atoms with E-state index in [4.69, 9.17) is 9.47 Å². The van der Waals surface area contributed by atoms with Crippen LogP contribution >= 0.6 is 0 Å². The largest absolute Gasteiger partial charge is 0.469 e. The molecule has 0 unspecified atom stereocenters. The Kier molecular flexibility index (Phi) is 15.0. The molecule has 0 aliphatic carbocycles. The van der Waals surface area contributed by atoms with Gasteiger partial charge in [-0.3, -0.25) is 4.79 Å². The van der Waals surface area contributed by atoms with E-state index in [1.165, 1.54) is 52.1 Å². The van der Waals surface area contributed by atoms with Gasteiger partial charge in [0.25, 0.3) is 0 Å². The van der Waals surface area contributed by atoms with Crippen LogP contribution in [0.15, 0.2) is 0 Å². The molecule has 1 fully saturated rings. The minimum atomic E-state index is -0.0732. The number of ether oxygens (including phenoxy) is 3. The Labute approximate surface area is 117 Å². The molecule has 0 bridgehead atoms. The van der Waals surface area contributed by atoms with Crippen molar-refractivity contribution in [3.8, 4) is 0 Å².